The monoisotopic (exact) mass is 459 g/mol. The number of ether oxygens (including phenoxy) is 1. The first-order chi connectivity index (χ1) is 15.5. The first kappa shape index (κ1) is 24.8. The Labute approximate surface area is 195 Å². The Morgan fingerprint density at radius 1 is 1.24 bits per heavy atom. The Morgan fingerprint density at radius 3 is 2.42 bits per heavy atom. The SMILES string of the molecule is CC(C)COc1c(C(=O)N[C@H]2C3CCCC2C[C@H](C(N)=O)C3)cnn1/C=C/C(C)(C)C(N)=O. The Kier molecular flexibility index (Phi) is 7.49. The van der Waals surface area contributed by atoms with Gasteiger partial charge in [0.25, 0.3) is 5.91 Å². The van der Waals surface area contributed by atoms with Crippen molar-refractivity contribution in [3.63, 3.8) is 0 Å². The average molecular weight is 460 g/mol. The zero-order chi connectivity index (χ0) is 24.3. The van der Waals surface area contributed by atoms with Crippen LogP contribution in [0, 0.1) is 29.1 Å². The highest BCUT2D eigenvalue weighted by atomic mass is 16.5. The number of nitrogens with zero attached hydrogens (tertiary/aromatic N) is 2. The maximum Gasteiger partial charge on any atom is 0.258 e. The van der Waals surface area contributed by atoms with Gasteiger partial charge in [-0.15, -0.1) is 0 Å². The van der Waals surface area contributed by atoms with Crippen LogP contribution in [0.3, 0.4) is 0 Å². The molecule has 0 aliphatic heterocycles. The molecule has 1 heterocycles. The summed E-state index contributed by atoms with van der Waals surface area (Å²) in [6, 6.07) is 0.00693. The topological polar surface area (TPSA) is 142 Å². The van der Waals surface area contributed by atoms with Crippen LogP contribution in [0.15, 0.2) is 12.3 Å². The fraction of sp³-hybridized carbons (Fsp3) is 0.667. The van der Waals surface area contributed by atoms with Gasteiger partial charge in [-0.3, -0.25) is 14.4 Å². The predicted molar refractivity (Wildman–Crippen MR) is 125 cm³/mol. The van der Waals surface area contributed by atoms with Crippen LogP contribution in [-0.2, 0) is 9.59 Å². The molecule has 0 radical (unpaired) electrons. The summed E-state index contributed by atoms with van der Waals surface area (Å²) >= 11 is 0. The molecule has 2 bridgehead atoms. The number of hydrogen-bond donors (Lipinski definition) is 3. The zero-order valence-corrected chi connectivity index (χ0v) is 20.0. The molecule has 5 N–H and O–H groups in total. The Hall–Kier alpha value is -2.84. The number of nitrogens with two attached hydrogens (primary N) is 2. The molecule has 0 spiro atoms. The van der Waals surface area contributed by atoms with Crippen molar-refractivity contribution in [1.82, 2.24) is 15.1 Å². The molecule has 2 saturated carbocycles. The van der Waals surface area contributed by atoms with Gasteiger partial charge in [-0.25, -0.2) is 4.68 Å². The largest absolute Gasteiger partial charge is 0.477 e. The van der Waals surface area contributed by atoms with Crippen molar-refractivity contribution in [1.29, 1.82) is 0 Å². The summed E-state index contributed by atoms with van der Waals surface area (Å²) in [6.45, 7) is 7.86. The van der Waals surface area contributed by atoms with Crippen LogP contribution in [0.4, 0.5) is 0 Å². The molecular formula is C24H37N5O4. The molecule has 3 amide bonds. The van der Waals surface area contributed by atoms with Gasteiger partial charge in [-0.2, -0.15) is 5.10 Å². The van der Waals surface area contributed by atoms with Gasteiger partial charge in [0.2, 0.25) is 17.7 Å². The molecule has 2 atom stereocenters. The minimum atomic E-state index is -0.875. The first-order valence-corrected chi connectivity index (χ1v) is 11.8. The van der Waals surface area contributed by atoms with Crippen LogP contribution in [0.1, 0.15) is 70.2 Å². The second-order valence-electron chi connectivity index (χ2n) is 10.4. The average Bonchev–Trinajstić information content (AvgIpc) is 3.13. The highest BCUT2D eigenvalue weighted by Gasteiger charge is 2.43. The standard InChI is InChI=1S/C24H37N5O4/c1-14(2)13-33-22-18(12-27-29(22)9-8-24(3,4)23(26)32)21(31)28-19-15-6-5-7-16(19)11-17(10-15)20(25)30/h8-9,12,14-17,19H,5-7,10-11,13H2,1-4H3,(H2,25,30)(H2,26,32)(H,28,31)/b9-8+/t15?,16?,17-,19+. The number of rotatable bonds is 9. The lowest BCUT2D eigenvalue weighted by atomic mass is 9.64. The van der Waals surface area contributed by atoms with Crippen LogP contribution in [-0.4, -0.2) is 40.2 Å². The van der Waals surface area contributed by atoms with Gasteiger partial charge in [0.1, 0.15) is 5.56 Å². The third kappa shape index (κ3) is 5.75. The second kappa shape index (κ2) is 9.97. The normalized spacial score (nSPS) is 25.2. The van der Waals surface area contributed by atoms with E-state index in [1.165, 1.54) is 10.9 Å². The maximum absolute atomic E-state index is 13.3. The van der Waals surface area contributed by atoms with Gasteiger partial charge >= 0.3 is 0 Å². The third-order valence-electron chi connectivity index (χ3n) is 6.86. The zero-order valence-electron chi connectivity index (χ0n) is 20.0. The first-order valence-electron chi connectivity index (χ1n) is 11.8. The molecule has 33 heavy (non-hydrogen) atoms. The van der Waals surface area contributed by atoms with Crippen molar-refractivity contribution >= 4 is 23.9 Å². The van der Waals surface area contributed by atoms with Crippen molar-refractivity contribution in [3.05, 3.63) is 17.8 Å². The van der Waals surface area contributed by atoms with Crippen molar-refractivity contribution in [2.75, 3.05) is 6.61 Å². The molecule has 1 aromatic heterocycles. The number of primary amides is 2. The van der Waals surface area contributed by atoms with Crippen LogP contribution < -0.4 is 21.5 Å². The van der Waals surface area contributed by atoms with Gasteiger partial charge in [-0.1, -0.05) is 26.3 Å². The molecule has 9 heteroatoms. The molecule has 2 unspecified atom stereocenters. The smallest absolute Gasteiger partial charge is 0.258 e. The minimum Gasteiger partial charge on any atom is -0.477 e. The molecule has 3 rings (SSSR count). The summed E-state index contributed by atoms with van der Waals surface area (Å²) in [5, 5.41) is 7.51. The quantitative estimate of drug-likeness (QED) is 0.519. The van der Waals surface area contributed by atoms with E-state index in [0.29, 0.717) is 18.1 Å². The van der Waals surface area contributed by atoms with Crippen LogP contribution in [0.25, 0.3) is 6.20 Å². The van der Waals surface area contributed by atoms with E-state index in [1.54, 1.807) is 26.1 Å². The van der Waals surface area contributed by atoms with E-state index < -0.39 is 11.3 Å². The van der Waals surface area contributed by atoms with E-state index in [1.807, 2.05) is 13.8 Å². The third-order valence-corrected chi connectivity index (χ3v) is 6.86. The van der Waals surface area contributed by atoms with Crippen LogP contribution in [0.5, 0.6) is 5.88 Å². The van der Waals surface area contributed by atoms with E-state index in [0.717, 1.165) is 32.1 Å². The molecule has 1 aromatic rings. The lowest BCUT2D eigenvalue weighted by Gasteiger charge is -2.45. The lowest BCUT2D eigenvalue weighted by molar-refractivity contribution is -0.125. The number of carbonyl (C=O) groups is 3. The van der Waals surface area contributed by atoms with Gasteiger partial charge < -0.3 is 21.5 Å². The fourth-order valence-corrected chi connectivity index (χ4v) is 4.78. The summed E-state index contributed by atoms with van der Waals surface area (Å²) < 4.78 is 7.42. The molecule has 0 saturated heterocycles. The van der Waals surface area contributed by atoms with Crippen LogP contribution >= 0.6 is 0 Å². The summed E-state index contributed by atoms with van der Waals surface area (Å²) in [5.74, 6) is -0.00971. The minimum absolute atomic E-state index is 0.00693. The molecular weight excluding hydrogens is 422 g/mol. The van der Waals surface area contributed by atoms with Gasteiger partial charge in [0.05, 0.1) is 18.2 Å². The van der Waals surface area contributed by atoms with E-state index in [9.17, 15) is 14.4 Å². The summed E-state index contributed by atoms with van der Waals surface area (Å²) in [6.07, 6.45) is 9.23. The number of fused-ring (bicyclic) bond motifs is 2. The highest BCUT2D eigenvalue weighted by molar-refractivity contribution is 5.96. The molecule has 2 aliphatic carbocycles. The van der Waals surface area contributed by atoms with E-state index in [2.05, 4.69) is 10.4 Å². The fourth-order valence-electron chi connectivity index (χ4n) is 4.78. The number of hydrogen-bond acceptors (Lipinski definition) is 5. The van der Waals surface area contributed by atoms with Crippen molar-refractivity contribution in [3.8, 4) is 5.88 Å². The van der Waals surface area contributed by atoms with Crippen LogP contribution in [0.2, 0.25) is 0 Å². The second-order valence-corrected chi connectivity index (χ2v) is 10.4. The number of carbonyl (C=O) groups excluding carboxylic acids is 3. The number of amides is 3. The summed E-state index contributed by atoms with van der Waals surface area (Å²) in [7, 11) is 0. The highest BCUT2D eigenvalue weighted by Crippen LogP contribution is 2.43. The molecule has 0 aromatic carbocycles. The lowest BCUT2D eigenvalue weighted by Crippen LogP contribution is -2.52. The summed E-state index contributed by atoms with van der Waals surface area (Å²) in [5.41, 5.74) is 10.5. The van der Waals surface area contributed by atoms with Gasteiger partial charge in [-0.05, 0) is 57.3 Å². The molecule has 182 valence electrons. The molecule has 2 fully saturated rings. The van der Waals surface area contributed by atoms with Gasteiger partial charge in [0, 0.05) is 18.2 Å². The Balaban J connectivity index is 1.82. The number of aromatic nitrogens is 2. The van der Waals surface area contributed by atoms with E-state index in [4.69, 9.17) is 16.2 Å². The molecule has 9 nitrogen and oxygen atoms in total. The van der Waals surface area contributed by atoms with Crippen molar-refractivity contribution < 1.29 is 19.1 Å². The van der Waals surface area contributed by atoms with E-state index >= 15 is 0 Å². The molecule has 2 aliphatic rings. The van der Waals surface area contributed by atoms with Crippen molar-refractivity contribution in [2.24, 2.45) is 40.6 Å². The summed E-state index contributed by atoms with van der Waals surface area (Å²) in [4.78, 5) is 36.7. The Morgan fingerprint density at radius 2 is 1.88 bits per heavy atom. The van der Waals surface area contributed by atoms with Gasteiger partial charge in [0.15, 0.2) is 0 Å². The van der Waals surface area contributed by atoms with Crippen molar-refractivity contribution in [2.45, 2.75) is 65.8 Å². The maximum atomic E-state index is 13.3. The Bertz CT molecular complexity index is 906. The predicted octanol–water partition coefficient (Wildman–Crippen LogP) is 2.31. The van der Waals surface area contributed by atoms with E-state index in [-0.39, 0.29) is 41.5 Å². The number of nitrogens with one attached hydrogen (secondary N) is 1.